The average molecular weight is 246 g/mol. The maximum Gasteiger partial charge on any atom is 0.231 e. The Labute approximate surface area is 101 Å². The van der Waals surface area contributed by atoms with Crippen molar-refractivity contribution in [1.29, 1.82) is 0 Å². The zero-order valence-electron chi connectivity index (χ0n) is 9.18. The van der Waals surface area contributed by atoms with Crippen molar-refractivity contribution in [2.24, 2.45) is 0 Å². The van der Waals surface area contributed by atoms with E-state index in [-0.39, 0.29) is 19.0 Å². The summed E-state index contributed by atoms with van der Waals surface area (Å²) in [6, 6.07) is 5.92. The van der Waals surface area contributed by atoms with Crippen molar-refractivity contribution in [2.45, 2.75) is 6.54 Å². The van der Waals surface area contributed by atoms with Gasteiger partial charge in [0.05, 0.1) is 6.61 Å². The molecule has 0 spiro atoms. The summed E-state index contributed by atoms with van der Waals surface area (Å²) in [5.74, 6) is 1.62. The Bertz CT molecular complexity index is 346. The van der Waals surface area contributed by atoms with E-state index >= 15 is 0 Å². The number of hydrogen-bond acceptors (Lipinski definition) is 4. The third-order valence-corrected chi connectivity index (χ3v) is 2.37. The summed E-state index contributed by atoms with van der Waals surface area (Å²) in [6.45, 7) is 1.97. The SMILES string of the molecule is CN(CCO)Cc1ccc2c(c1)OCO2.Cl. The third kappa shape index (κ3) is 3.01. The Balaban J connectivity index is 0.00000128. The summed E-state index contributed by atoms with van der Waals surface area (Å²) in [5, 5.41) is 8.78. The lowest BCUT2D eigenvalue weighted by molar-refractivity contribution is 0.174. The van der Waals surface area contributed by atoms with Crippen LogP contribution in [0.2, 0.25) is 0 Å². The summed E-state index contributed by atoms with van der Waals surface area (Å²) < 4.78 is 10.5. The fourth-order valence-corrected chi connectivity index (χ4v) is 1.60. The first-order valence-electron chi connectivity index (χ1n) is 4.97. The van der Waals surface area contributed by atoms with E-state index in [1.807, 2.05) is 25.2 Å². The molecule has 5 heteroatoms. The molecule has 0 aromatic heterocycles. The van der Waals surface area contributed by atoms with Crippen LogP contribution in [0.25, 0.3) is 0 Å². The van der Waals surface area contributed by atoms with Crippen molar-refractivity contribution in [3.05, 3.63) is 23.8 Å². The number of halogens is 1. The molecular formula is C11H16ClNO3. The molecule has 4 nitrogen and oxygen atoms in total. The number of benzene rings is 1. The molecule has 0 atom stereocenters. The van der Waals surface area contributed by atoms with Gasteiger partial charge in [-0.2, -0.15) is 0 Å². The van der Waals surface area contributed by atoms with Crippen LogP contribution < -0.4 is 9.47 Å². The van der Waals surface area contributed by atoms with Crippen LogP contribution in [0.4, 0.5) is 0 Å². The van der Waals surface area contributed by atoms with Crippen molar-refractivity contribution in [3.63, 3.8) is 0 Å². The van der Waals surface area contributed by atoms with Crippen LogP contribution in [0, 0.1) is 0 Å². The fraction of sp³-hybridized carbons (Fsp3) is 0.455. The Morgan fingerprint density at radius 3 is 2.81 bits per heavy atom. The minimum atomic E-state index is 0. The van der Waals surface area contributed by atoms with Crippen LogP contribution in [0.15, 0.2) is 18.2 Å². The van der Waals surface area contributed by atoms with Crippen molar-refractivity contribution in [2.75, 3.05) is 27.0 Å². The highest BCUT2D eigenvalue weighted by Gasteiger charge is 2.13. The van der Waals surface area contributed by atoms with Crippen LogP contribution >= 0.6 is 12.4 Å². The monoisotopic (exact) mass is 245 g/mol. The third-order valence-electron chi connectivity index (χ3n) is 2.37. The Morgan fingerprint density at radius 1 is 1.31 bits per heavy atom. The van der Waals surface area contributed by atoms with Gasteiger partial charge in [0.15, 0.2) is 11.5 Å². The summed E-state index contributed by atoms with van der Waals surface area (Å²) >= 11 is 0. The number of likely N-dealkylation sites (N-methyl/N-ethyl adjacent to an activating group) is 1. The van der Waals surface area contributed by atoms with E-state index in [0.29, 0.717) is 13.3 Å². The fourth-order valence-electron chi connectivity index (χ4n) is 1.60. The first-order valence-corrected chi connectivity index (χ1v) is 4.97. The smallest absolute Gasteiger partial charge is 0.231 e. The second kappa shape index (κ2) is 5.94. The first kappa shape index (κ1) is 13.1. The van der Waals surface area contributed by atoms with Gasteiger partial charge in [-0.15, -0.1) is 12.4 Å². The molecule has 0 radical (unpaired) electrons. The van der Waals surface area contributed by atoms with Crippen molar-refractivity contribution < 1.29 is 14.6 Å². The standard InChI is InChI=1S/C11H15NO3.ClH/c1-12(4-5-13)7-9-2-3-10-11(6-9)15-8-14-10;/h2-3,6,13H,4-5,7-8H2,1H3;1H. The predicted molar refractivity (Wildman–Crippen MR) is 63.2 cm³/mol. The molecule has 1 aliphatic heterocycles. The quantitative estimate of drug-likeness (QED) is 0.867. The highest BCUT2D eigenvalue weighted by molar-refractivity contribution is 5.85. The van der Waals surface area contributed by atoms with Gasteiger partial charge in [0.25, 0.3) is 0 Å². The van der Waals surface area contributed by atoms with Gasteiger partial charge in [0, 0.05) is 13.1 Å². The van der Waals surface area contributed by atoms with E-state index in [1.54, 1.807) is 0 Å². The minimum absolute atomic E-state index is 0. The zero-order chi connectivity index (χ0) is 10.7. The Kier molecular flexibility index (Phi) is 4.86. The molecular weight excluding hydrogens is 230 g/mol. The summed E-state index contributed by atoms with van der Waals surface area (Å²) in [7, 11) is 1.97. The van der Waals surface area contributed by atoms with Crippen LogP contribution in [0.1, 0.15) is 5.56 Å². The molecule has 1 N–H and O–H groups in total. The number of hydrogen-bond donors (Lipinski definition) is 1. The van der Waals surface area contributed by atoms with Gasteiger partial charge < -0.3 is 14.6 Å². The van der Waals surface area contributed by atoms with Crippen LogP contribution in [0.5, 0.6) is 11.5 Å². The molecule has 2 rings (SSSR count). The number of rotatable bonds is 4. The summed E-state index contributed by atoms with van der Waals surface area (Å²) in [4.78, 5) is 2.05. The van der Waals surface area contributed by atoms with E-state index in [4.69, 9.17) is 14.6 Å². The van der Waals surface area contributed by atoms with E-state index in [1.165, 1.54) is 0 Å². The zero-order valence-corrected chi connectivity index (χ0v) is 10.00. The molecule has 0 saturated heterocycles. The number of nitrogens with zero attached hydrogens (tertiary/aromatic N) is 1. The molecule has 0 aliphatic carbocycles. The number of fused-ring (bicyclic) bond motifs is 1. The average Bonchev–Trinajstić information content (AvgIpc) is 2.65. The molecule has 0 amide bonds. The lowest BCUT2D eigenvalue weighted by atomic mass is 10.2. The molecule has 0 bridgehead atoms. The predicted octanol–water partition coefficient (Wildman–Crippen LogP) is 1.26. The minimum Gasteiger partial charge on any atom is -0.454 e. The van der Waals surface area contributed by atoms with Gasteiger partial charge >= 0.3 is 0 Å². The molecule has 0 fully saturated rings. The van der Waals surface area contributed by atoms with Gasteiger partial charge in [-0.25, -0.2) is 0 Å². The lowest BCUT2D eigenvalue weighted by Gasteiger charge is -2.14. The van der Waals surface area contributed by atoms with Gasteiger partial charge in [-0.3, -0.25) is 4.90 Å². The molecule has 0 unspecified atom stereocenters. The van der Waals surface area contributed by atoms with Gasteiger partial charge in [-0.05, 0) is 24.7 Å². The highest BCUT2D eigenvalue weighted by atomic mass is 35.5. The summed E-state index contributed by atoms with van der Waals surface area (Å²) in [5.41, 5.74) is 1.16. The second-order valence-electron chi connectivity index (χ2n) is 3.65. The largest absolute Gasteiger partial charge is 0.454 e. The van der Waals surface area contributed by atoms with Crippen LogP contribution in [-0.4, -0.2) is 37.0 Å². The first-order chi connectivity index (χ1) is 7.29. The lowest BCUT2D eigenvalue weighted by Crippen LogP contribution is -2.21. The normalized spacial score (nSPS) is 12.7. The maximum atomic E-state index is 8.78. The van der Waals surface area contributed by atoms with Crippen LogP contribution in [0.3, 0.4) is 0 Å². The van der Waals surface area contributed by atoms with E-state index in [9.17, 15) is 0 Å². The second-order valence-corrected chi connectivity index (χ2v) is 3.65. The van der Waals surface area contributed by atoms with Crippen LogP contribution in [-0.2, 0) is 6.54 Å². The molecule has 1 aromatic carbocycles. The van der Waals surface area contributed by atoms with Gasteiger partial charge in [0.1, 0.15) is 0 Å². The summed E-state index contributed by atoms with van der Waals surface area (Å²) in [6.07, 6.45) is 0. The van der Waals surface area contributed by atoms with Crippen molar-refractivity contribution >= 4 is 12.4 Å². The van der Waals surface area contributed by atoms with Crippen molar-refractivity contribution in [3.8, 4) is 11.5 Å². The Morgan fingerprint density at radius 2 is 2.06 bits per heavy atom. The van der Waals surface area contributed by atoms with Gasteiger partial charge in [-0.1, -0.05) is 6.07 Å². The topological polar surface area (TPSA) is 41.9 Å². The molecule has 1 aromatic rings. The van der Waals surface area contributed by atoms with E-state index < -0.39 is 0 Å². The molecule has 16 heavy (non-hydrogen) atoms. The van der Waals surface area contributed by atoms with E-state index in [0.717, 1.165) is 23.6 Å². The molecule has 0 saturated carbocycles. The molecule has 1 aliphatic rings. The van der Waals surface area contributed by atoms with Crippen molar-refractivity contribution in [1.82, 2.24) is 4.90 Å². The number of aliphatic hydroxyl groups is 1. The van der Waals surface area contributed by atoms with E-state index in [2.05, 4.69) is 4.90 Å². The molecule has 90 valence electrons. The number of aliphatic hydroxyl groups excluding tert-OH is 1. The number of ether oxygens (including phenoxy) is 2. The Hall–Kier alpha value is -0.970. The maximum absolute atomic E-state index is 8.78. The van der Waals surface area contributed by atoms with Gasteiger partial charge in [0.2, 0.25) is 6.79 Å². The highest BCUT2D eigenvalue weighted by Crippen LogP contribution is 2.32. The molecule has 1 heterocycles.